The average Bonchev–Trinajstić information content (AvgIpc) is 2.84. The first-order valence-electron chi connectivity index (χ1n) is 6.25. The van der Waals surface area contributed by atoms with Crippen molar-refractivity contribution in [3.8, 4) is 0 Å². The second-order valence-corrected chi connectivity index (χ2v) is 6.17. The highest BCUT2D eigenvalue weighted by molar-refractivity contribution is 7.89. The molecule has 0 atom stereocenters. The van der Waals surface area contributed by atoms with Gasteiger partial charge in [0, 0.05) is 26.6 Å². The van der Waals surface area contributed by atoms with Gasteiger partial charge in [0.15, 0.2) is 5.82 Å². The summed E-state index contributed by atoms with van der Waals surface area (Å²) in [5.74, 6) is -0.0996. The van der Waals surface area contributed by atoms with E-state index < -0.39 is 15.8 Å². The highest BCUT2D eigenvalue weighted by Gasteiger charge is 2.18. The number of aryl methyl sites for hydroxylation is 1. The van der Waals surface area contributed by atoms with Gasteiger partial charge in [-0.3, -0.25) is 4.68 Å². The van der Waals surface area contributed by atoms with E-state index >= 15 is 0 Å². The Bertz CT molecular complexity index is 729. The summed E-state index contributed by atoms with van der Waals surface area (Å²) in [7, 11) is -2.10. The zero-order valence-electron chi connectivity index (χ0n) is 11.5. The molecule has 2 rings (SSSR count). The Kier molecular flexibility index (Phi) is 4.66. The summed E-state index contributed by atoms with van der Waals surface area (Å²) in [6.07, 6.45) is 1.87. The lowest BCUT2D eigenvalue weighted by Crippen LogP contribution is -2.27. The number of nitrogens with one attached hydrogen (secondary N) is 1. The summed E-state index contributed by atoms with van der Waals surface area (Å²) >= 11 is 0. The molecule has 0 fully saturated rings. The molecule has 0 aliphatic carbocycles. The predicted molar refractivity (Wildman–Crippen MR) is 74.2 cm³/mol. The smallest absolute Gasteiger partial charge is 0.241 e. The Hall–Kier alpha value is -1.84. The molecule has 0 radical (unpaired) electrons. The Morgan fingerprint density at radius 2 is 2.19 bits per heavy atom. The van der Waals surface area contributed by atoms with Crippen LogP contribution in [0.2, 0.25) is 0 Å². The van der Waals surface area contributed by atoms with Gasteiger partial charge >= 0.3 is 0 Å². The van der Waals surface area contributed by atoms with Crippen LogP contribution in [0.5, 0.6) is 0 Å². The van der Waals surface area contributed by atoms with E-state index in [9.17, 15) is 12.8 Å². The summed E-state index contributed by atoms with van der Waals surface area (Å²) in [6, 6.07) is 3.51. The van der Waals surface area contributed by atoms with Crippen LogP contribution in [0, 0.1) is 5.82 Å². The lowest BCUT2D eigenvalue weighted by molar-refractivity contribution is 0.575. The second kappa shape index (κ2) is 6.29. The zero-order valence-corrected chi connectivity index (χ0v) is 12.3. The molecule has 0 aliphatic heterocycles. The molecule has 0 unspecified atom stereocenters. The van der Waals surface area contributed by atoms with Gasteiger partial charge in [-0.2, -0.15) is 5.10 Å². The van der Waals surface area contributed by atoms with Crippen molar-refractivity contribution in [2.24, 2.45) is 12.8 Å². The van der Waals surface area contributed by atoms with Crippen LogP contribution in [-0.4, -0.2) is 29.7 Å². The minimum Gasteiger partial charge on any atom is -0.326 e. The van der Waals surface area contributed by atoms with Gasteiger partial charge in [-0.1, -0.05) is 6.07 Å². The van der Waals surface area contributed by atoms with Crippen LogP contribution in [0.3, 0.4) is 0 Å². The number of benzene rings is 1. The molecule has 2 aromatic rings. The molecule has 0 saturated carbocycles. The summed E-state index contributed by atoms with van der Waals surface area (Å²) in [5, 5.41) is 4.04. The van der Waals surface area contributed by atoms with E-state index in [2.05, 4.69) is 14.8 Å². The minimum atomic E-state index is -3.82. The van der Waals surface area contributed by atoms with Gasteiger partial charge < -0.3 is 5.73 Å². The molecule has 0 spiro atoms. The summed E-state index contributed by atoms with van der Waals surface area (Å²) in [4.78, 5) is 3.85. The maximum absolute atomic E-state index is 13.2. The first-order chi connectivity index (χ1) is 9.92. The van der Waals surface area contributed by atoms with Crippen molar-refractivity contribution in [1.82, 2.24) is 19.5 Å². The maximum Gasteiger partial charge on any atom is 0.241 e. The molecule has 0 bridgehead atoms. The van der Waals surface area contributed by atoms with Crippen LogP contribution in [0.25, 0.3) is 0 Å². The number of rotatable bonds is 6. The Morgan fingerprint density at radius 3 is 2.81 bits per heavy atom. The quantitative estimate of drug-likeness (QED) is 0.777. The third kappa shape index (κ3) is 3.84. The van der Waals surface area contributed by atoms with E-state index in [0.717, 1.165) is 6.07 Å². The molecule has 0 aliphatic rings. The molecule has 9 heteroatoms. The van der Waals surface area contributed by atoms with E-state index in [4.69, 9.17) is 5.73 Å². The summed E-state index contributed by atoms with van der Waals surface area (Å²) < 4.78 is 41.5. The van der Waals surface area contributed by atoms with Crippen LogP contribution in [-0.2, 0) is 30.0 Å². The van der Waals surface area contributed by atoms with Gasteiger partial charge in [-0.15, -0.1) is 0 Å². The molecular weight excluding hydrogens is 297 g/mol. The third-order valence-electron chi connectivity index (χ3n) is 2.83. The minimum absolute atomic E-state index is 0.0122. The van der Waals surface area contributed by atoms with Crippen molar-refractivity contribution in [3.05, 3.63) is 41.7 Å². The average molecular weight is 313 g/mol. The summed E-state index contributed by atoms with van der Waals surface area (Å²) in [6.45, 7) is 0.130. The van der Waals surface area contributed by atoms with Crippen molar-refractivity contribution in [3.63, 3.8) is 0 Å². The molecule has 0 saturated heterocycles. The second-order valence-electron chi connectivity index (χ2n) is 4.44. The van der Waals surface area contributed by atoms with Crippen molar-refractivity contribution in [2.75, 3.05) is 6.54 Å². The largest absolute Gasteiger partial charge is 0.326 e. The summed E-state index contributed by atoms with van der Waals surface area (Å²) in [5.41, 5.74) is 5.84. The molecule has 1 heterocycles. The third-order valence-corrected chi connectivity index (χ3v) is 4.37. The van der Waals surface area contributed by atoms with Crippen molar-refractivity contribution in [2.45, 2.75) is 17.9 Å². The predicted octanol–water partition coefficient (Wildman–Crippen LogP) is -0.0661. The Morgan fingerprint density at radius 1 is 1.43 bits per heavy atom. The van der Waals surface area contributed by atoms with Gasteiger partial charge in [-0.25, -0.2) is 22.5 Å². The van der Waals surface area contributed by atoms with Gasteiger partial charge in [0.1, 0.15) is 12.1 Å². The lowest BCUT2D eigenvalue weighted by Gasteiger charge is -2.10. The number of aromatic nitrogens is 3. The van der Waals surface area contributed by atoms with Crippen molar-refractivity contribution >= 4 is 10.0 Å². The topological polar surface area (TPSA) is 103 Å². The fraction of sp³-hybridized carbons (Fsp3) is 0.333. The molecule has 0 amide bonds. The van der Waals surface area contributed by atoms with Crippen LogP contribution in [0.4, 0.5) is 4.39 Å². The Labute approximate surface area is 122 Å². The molecule has 114 valence electrons. The Balaban J connectivity index is 2.09. The molecular formula is C12H16FN5O2S. The highest BCUT2D eigenvalue weighted by Crippen LogP contribution is 2.16. The number of nitrogens with two attached hydrogens (primary N) is 1. The van der Waals surface area contributed by atoms with Crippen molar-refractivity contribution < 1.29 is 12.8 Å². The van der Waals surface area contributed by atoms with E-state index in [-0.39, 0.29) is 18.0 Å². The molecule has 1 aromatic carbocycles. The SMILES string of the molecule is Cn1cnc(CCNS(=O)(=O)c2cc(F)ccc2CN)n1. The standard InChI is InChI=1S/C12H16FN5O2S/c1-18-8-15-12(17-18)4-5-16-21(19,20)11-6-10(13)3-2-9(11)7-14/h2-3,6,8,16H,4-5,7,14H2,1H3. The number of sulfonamides is 1. The number of hydrogen-bond donors (Lipinski definition) is 2. The van der Waals surface area contributed by atoms with Crippen molar-refractivity contribution in [1.29, 1.82) is 0 Å². The fourth-order valence-electron chi connectivity index (χ4n) is 1.82. The van der Waals surface area contributed by atoms with Gasteiger partial charge in [-0.05, 0) is 17.7 Å². The molecule has 21 heavy (non-hydrogen) atoms. The monoisotopic (exact) mass is 313 g/mol. The van der Waals surface area contributed by atoms with Gasteiger partial charge in [0.2, 0.25) is 10.0 Å². The molecule has 7 nitrogen and oxygen atoms in total. The zero-order chi connectivity index (χ0) is 15.5. The fourth-order valence-corrected chi connectivity index (χ4v) is 3.11. The number of hydrogen-bond acceptors (Lipinski definition) is 5. The van der Waals surface area contributed by atoms with Crippen LogP contribution in [0.1, 0.15) is 11.4 Å². The number of nitrogens with zero attached hydrogens (tertiary/aromatic N) is 3. The van der Waals surface area contributed by atoms with Gasteiger partial charge in [0.25, 0.3) is 0 Å². The van der Waals surface area contributed by atoms with Gasteiger partial charge in [0.05, 0.1) is 4.90 Å². The van der Waals surface area contributed by atoms with Crippen LogP contribution < -0.4 is 10.5 Å². The first-order valence-corrected chi connectivity index (χ1v) is 7.73. The van der Waals surface area contributed by atoms with Crippen LogP contribution >= 0.6 is 0 Å². The van der Waals surface area contributed by atoms with E-state index in [1.165, 1.54) is 23.1 Å². The van der Waals surface area contributed by atoms with E-state index in [1.807, 2.05) is 0 Å². The first kappa shape index (κ1) is 15.5. The highest BCUT2D eigenvalue weighted by atomic mass is 32.2. The molecule has 3 N–H and O–H groups in total. The normalized spacial score (nSPS) is 11.8. The lowest BCUT2D eigenvalue weighted by atomic mass is 10.2. The van der Waals surface area contributed by atoms with E-state index in [0.29, 0.717) is 17.8 Å². The van der Waals surface area contributed by atoms with E-state index in [1.54, 1.807) is 7.05 Å². The van der Waals surface area contributed by atoms with Crippen LogP contribution in [0.15, 0.2) is 29.4 Å². The molecule has 1 aromatic heterocycles. The maximum atomic E-state index is 13.2. The number of halogens is 1.